The molecule has 0 aromatic heterocycles. The van der Waals surface area contributed by atoms with Crippen LogP contribution in [0, 0.1) is 17.8 Å². The SMILES string of the molecule is CC(C)=CCc1c(O)cc2c(c1O)C(=O)C1=C[C@H]3C(=O)C4(CC=C(C)C)OC[C@H]([C@H]3CN3CCN(c5ccccc5)CC3)[C@]14O2. The summed E-state index contributed by atoms with van der Waals surface area (Å²) in [6, 6.07) is 11.9. The molecule has 1 spiro atoms. The second-order valence-electron chi connectivity index (χ2n) is 13.7. The number of phenols is 2. The molecule has 6 aliphatic rings. The van der Waals surface area contributed by atoms with Gasteiger partial charge in [0.05, 0.1) is 6.61 Å². The Hall–Kier alpha value is -3.88. The largest absolute Gasteiger partial charge is 0.507 e. The van der Waals surface area contributed by atoms with E-state index in [0.29, 0.717) is 25.1 Å². The molecule has 5 atom stereocenters. The number of phenolic OH excluding ortho intramolecular Hbond substituents is 2. The van der Waals surface area contributed by atoms with Gasteiger partial charge in [-0.2, -0.15) is 0 Å². The van der Waals surface area contributed by atoms with Gasteiger partial charge in [-0.15, -0.1) is 0 Å². The van der Waals surface area contributed by atoms with Crippen molar-refractivity contribution in [1.29, 1.82) is 0 Å². The molecule has 8 heteroatoms. The molecule has 4 bridgehead atoms. The first-order chi connectivity index (χ1) is 21.6. The number of benzene rings is 2. The number of carbonyl (C=O) groups excluding carboxylic acids is 2. The van der Waals surface area contributed by atoms with Crippen molar-refractivity contribution in [2.24, 2.45) is 17.8 Å². The van der Waals surface area contributed by atoms with Gasteiger partial charge in [0, 0.05) is 73.9 Å². The molecule has 8 rings (SSSR count). The fourth-order valence-corrected chi connectivity index (χ4v) is 8.34. The molecule has 2 saturated heterocycles. The maximum absolute atomic E-state index is 14.6. The molecule has 2 aromatic rings. The highest BCUT2D eigenvalue weighted by atomic mass is 16.6. The van der Waals surface area contributed by atoms with Gasteiger partial charge >= 0.3 is 0 Å². The molecule has 0 amide bonds. The van der Waals surface area contributed by atoms with Gasteiger partial charge in [0.1, 0.15) is 22.8 Å². The highest BCUT2D eigenvalue weighted by Crippen LogP contribution is 2.65. The summed E-state index contributed by atoms with van der Waals surface area (Å²) in [6.07, 6.45) is 6.28. The quantitative estimate of drug-likeness (QED) is 0.411. The first-order valence-corrected chi connectivity index (χ1v) is 16.1. The standard InChI is InChI=1S/C37H42N2O6/c1-22(2)10-11-25-30(40)19-31-32(33(25)41)34(42)28-18-26-27(20-38-14-16-39(17-15-38)24-8-6-5-7-9-24)29-21-44-36(35(26)43,13-12-23(3)4)37(28,29)45-31/h5-10,12,18-19,26-27,29,40-41H,11,13-17,20-21H2,1-4H3/t26-,27+,29-,36?,37-/m1/s1. The predicted octanol–water partition coefficient (Wildman–Crippen LogP) is 5.24. The second-order valence-corrected chi connectivity index (χ2v) is 13.7. The van der Waals surface area contributed by atoms with Crippen LogP contribution in [0.25, 0.3) is 0 Å². The van der Waals surface area contributed by atoms with Crippen molar-refractivity contribution in [1.82, 2.24) is 4.90 Å². The number of aromatic hydroxyl groups is 2. The molecule has 2 N–H and O–H groups in total. The van der Waals surface area contributed by atoms with E-state index in [9.17, 15) is 19.8 Å². The van der Waals surface area contributed by atoms with Gasteiger partial charge in [-0.05, 0) is 52.2 Å². The molecule has 0 radical (unpaired) electrons. The number of Topliss-reactive ketones (excluding diaryl/α,β-unsaturated/α-hetero) is 2. The number of ketones is 2. The lowest BCUT2D eigenvalue weighted by atomic mass is 9.49. The van der Waals surface area contributed by atoms with Crippen LogP contribution < -0.4 is 9.64 Å². The number of hydrogen-bond acceptors (Lipinski definition) is 8. The average Bonchev–Trinajstić information content (AvgIpc) is 3.30. The number of nitrogens with zero attached hydrogens (tertiary/aromatic N) is 2. The zero-order valence-corrected chi connectivity index (χ0v) is 26.5. The van der Waals surface area contributed by atoms with E-state index in [-0.39, 0.29) is 58.2 Å². The van der Waals surface area contributed by atoms with Crippen LogP contribution in [0.2, 0.25) is 0 Å². The normalized spacial score (nSPS) is 29.9. The number of ether oxygens (including phenoxy) is 2. The van der Waals surface area contributed by atoms with Crippen LogP contribution in [-0.4, -0.2) is 77.2 Å². The molecule has 2 aromatic carbocycles. The third-order valence-electron chi connectivity index (χ3n) is 10.6. The van der Waals surface area contributed by atoms with E-state index in [1.54, 1.807) is 0 Å². The Morgan fingerprint density at radius 3 is 2.40 bits per heavy atom. The van der Waals surface area contributed by atoms with Gasteiger partial charge in [0.2, 0.25) is 0 Å². The molecule has 1 unspecified atom stereocenters. The summed E-state index contributed by atoms with van der Waals surface area (Å²) in [4.78, 5) is 33.8. The predicted molar refractivity (Wildman–Crippen MR) is 172 cm³/mol. The minimum atomic E-state index is -1.36. The van der Waals surface area contributed by atoms with E-state index in [4.69, 9.17) is 9.47 Å². The minimum absolute atomic E-state index is 0.0460. The van der Waals surface area contributed by atoms with Crippen LogP contribution in [0.3, 0.4) is 0 Å². The maximum atomic E-state index is 14.6. The molecule has 3 aliphatic heterocycles. The van der Waals surface area contributed by atoms with Gasteiger partial charge in [-0.1, -0.05) is 47.6 Å². The summed E-state index contributed by atoms with van der Waals surface area (Å²) in [5, 5.41) is 22.3. The van der Waals surface area contributed by atoms with Crippen molar-refractivity contribution in [3.05, 3.63) is 82.5 Å². The summed E-state index contributed by atoms with van der Waals surface area (Å²) in [5.41, 5.74) is 1.33. The van der Waals surface area contributed by atoms with E-state index < -0.39 is 17.1 Å². The molecular weight excluding hydrogens is 568 g/mol. The highest BCUT2D eigenvalue weighted by molar-refractivity contribution is 6.18. The summed E-state index contributed by atoms with van der Waals surface area (Å²) in [6.45, 7) is 12.3. The summed E-state index contributed by atoms with van der Waals surface area (Å²) >= 11 is 0. The number of allylic oxidation sites excluding steroid dienone is 4. The fourth-order valence-electron chi connectivity index (χ4n) is 8.34. The fraction of sp³-hybridized carbons (Fsp3) is 0.459. The number of fused-ring (bicyclic) bond motifs is 1. The average molecular weight is 611 g/mol. The van der Waals surface area contributed by atoms with Crippen molar-refractivity contribution in [3.8, 4) is 17.2 Å². The molecule has 45 heavy (non-hydrogen) atoms. The highest BCUT2D eigenvalue weighted by Gasteiger charge is 2.79. The zero-order chi connectivity index (χ0) is 31.7. The van der Waals surface area contributed by atoms with Crippen LogP contribution in [-0.2, 0) is 16.0 Å². The summed E-state index contributed by atoms with van der Waals surface area (Å²) in [7, 11) is 0. The maximum Gasteiger partial charge on any atom is 0.200 e. The summed E-state index contributed by atoms with van der Waals surface area (Å²) in [5.74, 6) is -1.54. The van der Waals surface area contributed by atoms with Gasteiger partial charge in [-0.25, -0.2) is 0 Å². The third-order valence-corrected chi connectivity index (χ3v) is 10.6. The Bertz CT molecular complexity index is 1640. The Balaban J connectivity index is 1.26. The van der Waals surface area contributed by atoms with Crippen LogP contribution in [0.1, 0.15) is 50.0 Å². The van der Waals surface area contributed by atoms with Crippen LogP contribution in [0.5, 0.6) is 17.2 Å². The number of rotatable bonds is 7. The van der Waals surface area contributed by atoms with Crippen LogP contribution in [0.4, 0.5) is 5.69 Å². The van der Waals surface area contributed by atoms with E-state index in [1.807, 2.05) is 52.0 Å². The van der Waals surface area contributed by atoms with Gasteiger partial charge in [0.15, 0.2) is 22.8 Å². The topological polar surface area (TPSA) is 99.5 Å². The van der Waals surface area contributed by atoms with E-state index in [1.165, 1.54) is 11.8 Å². The first-order valence-electron chi connectivity index (χ1n) is 16.1. The molecule has 3 aliphatic carbocycles. The molecule has 1 saturated carbocycles. The van der Waals surface area contributed by atoms with Gasteiger partial charge in [0.25, 0.3) is 0 Å². The Kier molecular flexibility index (Phi) is 7.21. The number of carbonyl (C=O) groups is 2. The molecule has 3 heterocycles. The molecule has 236 valence electrons. The van der Waals surface area contributed by atoms with Crippen molar-refractivity contribution in [2.75, 3.05) is 44.2 Å². The van der Waals surface area contributed by atoms with Crippen molar-refractivity contribution in [3.63, 3.8) is 0 Å². The molecule has 3 fully saturated rings. The third kappa shape index (κ3) is 4.40. The lowest BCUT2D eigenvalue weighted by Gasteiger charge is -2.59. The van der Waals surface area contributed by atoms with Crippen molar-refractivity contribution in [2.45, 2.75) is 51.7 Å². The number of anilines is 1. The Labute approximate surface area is 264 Å². The van der Waals surface area contributed by atoms with E-state index >= 15 is 0 Å². The van der Waals surface area contributed by atoms with Gasteiger partial charge in [-0.3, -0.25) is 14.5 Å². The van der Waals surface area contributed by atoms with E-state index in [0.717, 1.165) is 37.3 Å². The zero-order valence-electron chi connectivity index (χ0n) is 26.5. The van der Waals surface area contributed by atoms with Crippen LogP contribution in [0.15, 0.2) is 71.3 Å². The van der Waals surface area contributed by atoms with Crippen LogP contribution >= 0.6 is 0 Å². The molecule has 8 nitrogen and oxygen atoms in total. The van der Waals surface area contributed by atoms with Crippen molar-refractivity contribution < 1.29 is 29.3 Å². The second kappa shape index (κ2) is 10.9. The van der Waals surface area contributed by atoms with Crippen molar-refractivity contribution >= 4 is 17.3 Å². The van der Waals surface area contributed by atoms with Gasteiger partial charge < -0.3 is 24.6 Å². The number of hydrogen-bond donors (Lipinski definition) is 2. The lowest BCUT2D eigenvalue weighted by Crippen LogP contribution is -2.74. The number of piperazine rings is 1. The smallest absolute Gasteiger partial charge is 0.200 e. The first kappa shape index (κ1) is 29.8. The Morgan fingerprint density at radius 2 is 1.71 bits per heavy atom. The molecular formula is C37H42N2O6. The summed E-state index contributed by atoms with van der Waals surface area (Å²) < 4.78 is 13.4. The Morgan fingerprint density at radius 1 is 1.00 bits per heavy atom. The number of para-hydroxylation sites is 1. The lowest BCUT2D eigenvalue weighted by molar-refractivity contribution is -0.171. The van der Waals surface area contributed by atoms with E-state index in [2.05, 4.69) is 34.1 Å². The minimum Gasteiger partial charge on any atom is -0.507 e. The monoisotopic (exact) mass is 610 g/mol.